The molecule has 1 N–H and O–H groups in total. The van der Waals surface area contributed by atoms with Gasteiger partial charge in [-0.3, -0.25) is 9.89 Å². The van der Waals surface area contributed by atoms with E-state index < -0.39 is 0 Å². The van der Waals surface area contributed by atoms with E-state index in [1.54, 1.807) is 0 Å². The van der Waals surface area contributed by atoms with E-state index in [0.717, 1.165) is 48.6 Å². The van der Waals surface area contributed by atoms with E-state index in [0.29, 0.717) is 12.5 Å². The van der Waals surface area contributed by atoms with Gasteiger partial charge < -0.3 is 9.64 Å². The zero-order valence-electron chi connectivity index (χ0n) is 15.3. The zero-order chi connectivity index (χ0) is 17.8. The number of para-hydroxylation sites is 1. The Kier molecular flexibility index (Phi) is 5.41. The number of aromatic nitrogens is 2. The predicted octanol–water partition coefficient (Wildman–Crippen LogP) is 3.45. The number of aryl methyl sites for hydroxylation is 2. The van der Waals surface area contributed by atoms with Crippen LogP contribution < -0.4 is 4.74 Å². The molecule has 1 fully saturated rings. The quantitative estimate of drug-likeness (QED) is 0.906. The molecule has 5 heteroatoms. The number of nitrogens with zero attached hydrogens (tertiary/aromatic N) is 2. The van der Waals surface area contributed by atoms with Crippen LogP contribution in [-0.4, -0.2) is 40.7 Å². The van der Waals surface area contributed by atoms with Gasteiger partial charge in [0.05, 0.1) is 18.2 Å². The lowest BCUT2D eigenvalue weighted by atomic mass is 9.94. The third-order valence-electron chi connectivity index (χ3n) is 5.05. The van der Waals surface area contributed by atoms with Gasteiger partial charge in [0.1, 0.15) is 5.75 Å². The number of likely N-dealkylation sites (tertiary alicyclic amines) is 1. The molecule has 25 heavy (non-hydrogen) atoms. The van der Waals surface area contributed by atoms with Crippen LogP contribution in [0.25, 0.3) is 0 Å². The number of carbonyl (C=O) groups is 1. The molecule has 134 valence electrons. The van der Waals surface area contributed by atoms with Gasteiger partial charge >= 0.3 is 0 Å². The summed E-state index contributed by atoms with van der Waals surface area (Å²) in [6, 6.07) is 9.87. The number of aromatic amines is 1. The van der Waals surface area contributed by atoms with Crippen LogP contribution in [0.4, 0.5) is 0 Å². The monoisotopic (exact) mass is 341 g/mol. The van der Waals surface area contributed by atoms with E-state index in [1.807, 2.05) is 56.0 Å². The number of ether oxygens (including phenoxy) is 1. The van der Waals surface area contributed by atoms with Crippen molar-refractivity contribution in [3.8, 4) is 5.75 Å². The Hall–Kier alpha value is -2.30. The molecule has 1 saturated heterocycles. The maximum absolute atomic E-state index is 13.0. The molecule has 5 nitrogen and oxygen atoms in total. The molecule has 2 heterocycles. The van der Waals surface area contributed by atoms with Crippen molar-refractivity contribution in [2.45, 2.75) is 39.5 Å². The second kappa shape index (κ2) is 7.72. The second-order valence-corrected chi connectivity index (χ2v) is 6.99. The van der Waals surface area contributed by atoms with Gasteiger partial charge in [0.15, 0.2) is 0 Å². The summed E-state index contributed by atoms with van der Waals surface area (Å²) < 4.78 is 5.89. The maximum Gasteiger partial charge on any atom is 0.229 e. The SMILES string of the molecule is Cc1n[nH]c(C)c1[C@H](C)C(=O)N1CCC[C@H](COc2ccccc2)C1. The molecular formula is C20H27N3O2. The molecule has 0 radical (unpaired) electrons. The van der Waals surface area contributed by atoms with Crippen molar-refractivity contribution in [3.05, 3.63) is 47.3 Å². The highest BCUT2D eigenvalue weighted by Gasteiger charge is 2.30. The van der Waals surface area contributed by atoms with E-state index in [9.17, 15) is 4.79 Å². The summed E-state index contributed by atoms with van der Waals surface area (Å²) in [4.78, 5) is 15.0. The van der Waals surface area contributed by atoms with Crippen molar-refractivity contribution >= 4 is 5.91 Å². The minimum Gasteiger partial charge on any atom is -0.493 e. The molecule has 1 aliphatic rings. The van der Waals surface area contributed by atoms with Crippen molar-refractivity contribution < 1.29 is 9.53 Å². The third-order valence-corrected chi connectivity index (χ3v) is 5.05. The fourth-order valence-corrected chi connectivity index (χ4v) is 3.73. The topological polar surface area (TPSA) is 58.2 Å². The Morgan fingerprint density at radius 3 is 2.80 bits per heavy atom. The number of hydrogen-bond donors (Lipinski definition) is 1. The summed E-state index contributed by atoms with van der Waals surface area (Å²) >= 11 is 0. The van der Waals surface area contributed by atoms with Crippen molar-refractivity contribution in [1.82, 2.24) is 15.1 Å². The van der Waals surface area contributed by atoms with Crippen LogP contribution in [0.3, 0.4) is 0 Å². The molecule has 1 aromatic heterocycles. The molecule has 2 atom stereocenters. The molecule has 1 aromatic carbocycles. The van der Waals surface area contributed by atoms with Crippen molar-refractivity contribution in [3.63, 3.8) is 0 Å². The first-order chi connectivity index (χ1) is 12.1. The summed E-state index contributed by atoms with van der Waals surface area (Å²) in [6.07, 6.45) is 2.14. The third kappa shape index (κ3) is 4.03. The van der Waals surface area contributed by atoms with Crippen molar-refractivity contribution in [2.24, 2.45) is 5.92 Å². The number of amides is 1. The van der Waals surface area contributed by atoms with Gasteiger partial charge in [-0.1, -0.05) is 18.2 Å². The minimum atomic E-state index is -0.160. The van der Waals surface area contributed by atoms with Crippen molar-refractivity contribution in [1.29, 1.82) is 0 Å². The molecule has 2 aromatic rings. The second-order valence-electron chi connectivity index (χ2n) is 6.99. The number of hydrogen-bond acceptors (Lipinski definition) is 3. The summed E-state index contributed by atoms with van der Waals surface area (Å²) in [5.41, 5.74) is 2.94. The van der Waals surface area contributed by atoms with Crippen molar-refractivity contribution in [2.75, 3.05) is 19.7 Å². The molecule has 1 aliphatic heterocycles. The van der Waals surface area contributed by atoms with E-state index >= 15 is 0 Å². The predicted molar refractivity (Wildman–Crippen MR) is 97.7 cm³/mol. The number of carbonyl (C=O) groups excluding carboxylic acids is 1. The minimum absolute atomic E-state index is 0.160. The summed E-state index contributed by atoms with van der Waals surface area (Å²) in [7, 11) is 0. The summed E-state index contributed by atoms with van der Waals surface area (Å²) in [5.74, 6) is 1.31. The lowest BCUT2D eigenvalue weighted by Gasteiger charge is -2.34. The molecule has 0 spiro atoms. The summed E-state index contributed by atoms with van der Waals surface area (Å²) in [5, 5.41) is 7.21. The van der Waals surface area contributed by atoms with E-state index in [4.69, 9.17) is 4.74 Å². The van der Waals surface area contributed by atoms with Crippen LogP contribution in [0.2, 0.25) is 0 Å². The zero-order valence-corrected chi connectivity index (χ0v) is 15.3. The van der Waals surface area contributed by atoms with Crippen LogP contribution >= 0.6 is 0 Å². The fraction of sp³-hybridized carbons (Fsp3) is 0.500. The largest absolute Gasteiger partial charge is 0.493 e. The van der Waals surface area contributed by atoms with Crippen LogP contribution in [0.1, 0.15) is 42.6 Å². The highest BCUT2D eigenvalue weighted by molar-refractivity contribution is 5.84. The van der Waals surface area contributed by atoms with Gasteiger partial charge in [0, 0.05) is 30.3 Å². The Morgan fingerprint density at radius 1 is 1.36 bits per heavy atom. The molecule has 0 aliphatic carbocycles. The highest BCUT2D eigenvalue weighted by Crippen LogP contribution is 2.26. The summed E-state index contributed by atoms with van der Waals surface area (Å²) in [6.45, 7) is 8.18. The van der Waals surface area contributed by atoms with Gasteiger partial charge in [-0.15, -0.1) is 0 Å². The van der Waals surface area contributed by atoms with Crippen LogP contribution in [0, 0.1) is 19.8 Å². The first kappa shape index (κ1) is 17.5. The van der Waals surface area contributed by atoms with Crippen LogP contribution in [-0.2, 0) is 4.79 Å². The normalized spacial score (nSPS) is 18.8. The lowest BCUT2D eigenvalue weighted by molar-refractivity contribution is -0.134. The molecule has 0 bridgehead atoms. The highest BCUT2D eigenvalue weighted by atomic mass is 16.5. The van der Waals surface area contributed by atoms with Crippen LogP contribution in [0.5, 0.6) is 5.75 Å². The Morgan fingerprint density at radius 2 is 2.12 bits per heavy atom. The van der Waals surface area contributed by atoms with Gasteiger partial charge in [-0.2, -0.15) is 5.10 Å². The molecule has 0 unspecified atom stereocenters. The lowest BCUT2D eigenvalue weighted by Crippen LogP contribution is -2.43. The Labute approximate surface area is 149 Å². The number of piperidine rings is 1. The number of benzene rings is 1. The first-order valence-corrected chi connectivity index (χ1v) is 9.04. The Bertz CT molecular complexity index is 691. The number of H-pyrrole nitrogens is 1. The van der Waals surface area contributed by atoms with Gasteiger partial charge in [-0.25, -0.2) is 0 Å². The molecule has 3 rings (SSSR count). The van der Waals surface area contributed by atoms with E-state index in [-0.39, 0.29) is 11.8 Å². The van der Waals surface area contributed by atoms with Crippen LogP contribution in [0.15, 0.2) is 30.3 Å². The average molecular weight is 341 g/mol. The molecule has 0 saturated carbocycles. The maximum atomic E-state index is 13.0. The fourth-order valence-electron chi connectivity index (χ4n) is 3.73. The molecular weight excluding hydrogens is 314 g/mol. The standard InChI is InChI=1S/C20H27N3O2/c1-14(19-15(2)21-22-16(19)3)20(24)23-11-7-8-17(12-23)13-25-18-9-5-4-6-10-18/h4-6,9-10,14,17H,7-8,11-13H2,1-3H3,(H,21,22)/t14-,17-/m0/s1. The van der Waals surface area contributed by atoms with Gasteiger partial charge in [0.2, 0.25) is 5.91 Å². The molecule has 1 amide bonds. The number of rotatable bonds is 5. The average Bonchev–Trinajstić information content (AvgIpc) is 2.98. The number of nitrogens with one attached hydrogen (secondary N) is 1. The smallest absolute Gasteiger partial charge is 0.229 e. The first-order valence-electron chi connectivity index (χ1n) is 9.04. The van der Waals surface area contributed by atoms with E-state index in [1.165, 1.54) is 0 Å². The van der Waals surface area contributed by atoms with E-state index in [2.05, 4.69) is 10.2 Å². The van der Waals surface area contributed by atoms with Gasteiger partial charge in [0.25, 0.3) is 0 Å². The van der Waals surface area contributed by atoms with Gasteiger partial charge in [-0.05, 0) is 45.7 Å². The Balaban J connectivity index is 1.60.